The van der Waals surface area contributed by atoms with Crippen molar-refractivity contribution in [2.45, 2.75) is 32.5 Å². The molecule has 1 fully saturated rings. The number of nitrogens with zero attached hydrogens (tertiary/aromatic N) is 3. The number of hydrogen-bond acceptors (Lipinski definition) is 6. The van der Waals surface area contributed by atoms with Crippen molar-refractivity contribution < 1.29 is 9.90 Å². The van der Waals surface area contributed by atoms with Gasteiger partial charge in [-0.2, -0.15) is 0 Å². The Bertz CT molecular complexity index is 1350. The van der Waals surface area contributed by atoms with Crippen molar-refractivity contribution in [3.05, 3.63) is 125 Å². The summed E-state index contributed by atoms with van der Waals surface area (Å²) in [5, 5.41) is 14.1. The van der Waals surface area contributed by atoms with Crippen molar-refractivity contribution in [2.24, 2.45) is 0 Å². The average molecular weight is 521 g/mol. The maximum atomic E-state index is 14.4. The summed E-state index contributed by atoms with van der Waals surface area (Å²) >= 11 is 0. The number of pyridine rings is 1. The molecular formula is C33H36N4O2. The average Bonchev–Trinajstić information content (AvgIpc) is 2.97. The second-order valence-electron chi connectivity index (χ2n) is 10.6. The predicted octanol–water partition coefficient (Wildman–Crippen LogP) is 5.16. The third kappa shape index (κ3) is 6.36. The van der Waals surface area contributed by atoms with Gasteiger partial charge in [0.1, 0.15) is 5.82 Å². The molecule has 2 N–H and O–H groups in total. The minimum atomic E-state index is -1.11. The maximum Gasteiger partial charge on any atom is 0.198 e. The number of anilines is 2. The van der Waals surface area contributed by atoms with Crippen LogP contribution in [0.1, 0.15) is 46.5 Å². The van der Waals surface area contributed by atoms with Crippen LogP contribution in [-0.2, 0) is 18.7 Å². The molecule has 5 rings (SSSR count). The molecule has 1 aliphatic rings. The Morgan fingerprint density at radius 2 is 1.44 bits per heavy atom. The van der Waals surface area contributed by atoms with Crippen LogP contribution in [0.25, 0.3) is 0 Å². The molecule has 6 nitrogen and oxygen atoms in total. The third-order valence-corrected chi connectivity index (χ3v) is 7.16. The normalized spacial score (nSPS) is 13.8. The lowest BCUT2D eigenvalue weighted by molar-refractivity contribution is 0.0781. The van der Waals surface area contributed by atoms with E-state index < -0.39 is 5.60 Å². The number of piperazine rings is 1. The van der Waals surface area contributed by atoms with Crippen LogP contribution in [0.15, 0.2) is 97.2 Å². The fourth-order valence-electron chi connectivity index (χ4n) is 5.01. The first-order valence-electron chi connectivity index (χ1n) is 13.6. The first-order chi connectivity index (χ1) is 18.9. The Kier molecular flexibility index (Phi) is 8.05. The standard InChI is InChI=1S/C33H36N4O2/c1-33(2,39)27-21-29(32(35-22-27)36-19-17-34-18-20-36)31(38)28-15-9-10-16-30(28)37(23-25-11-5-3-6-12-25)24-26-13-7-4-8-14-26/h3-16,21-22,34,39H,17-20,23-24H2,1-2H3. The molecule has 0 radical (unpaired) electrons. The van der Waals surface area contributed by atoms with E-state index in [1.54, 1.807) is 20.0 Å². The second kappa shape index (κ2) is 11.8. The van der Waals surface area contributed by atoms with E-state index in [9.17, 15) is 9.90 Å². The Hall–Kier alpha value is -4.00. The molecule has 0 atom stereocenters. The lowest BCUT2D eigenvalue weighted by Gasteiger charge is -2.31. The molecular weight excluding hydrogens is 484 g/mol. The highest BCUT2D eigenvalue weighted by Gasteiger charge is 2.27. The first kappa shape index (κ1) is 26.6. The van der Waals surface area contributed by atoms with Crippen molar-refractivity contribution in [3.8, 4) is 0 Å². The van der Waals surface area contributed by atoms with E-state index in [0.29, 0.717) is 35.6 Å². The molecule has 0 saturated carbocycles. The van der Waals surface area contributed by atoms with Gasteiger partial charge in [-0.15, -0.1) is 0 Å². The molecule has 0 amide bonds. The van der Waals surface area contributed by atoms with Crippen molar-refractivity contribution in [1.29, 1.82) is 0 Å². The number of aliphatic hydroxyl groups is 1. The van der Waals surface area contributed by atoms with Crippen LogP contribution in [0.3, 0.4) is 0 Å². The van der Waals surface area contributed by atoms with Crippen LogP contribution in [0.4, 0.5) is 11.5 Å². The van der Waals surface area contributed by atoms with Crippen LogP contribution in [0.5, 0.6) is 0 Å². The summed E-state index contributed by atoms with van der Waals surface area (Å²) in [7, 11) is 0. The number of carbonyl (C=O) groups excluding carboxylic acids is 1. The summed E-state index contributed by atoms with van der Waals surface area (Å²) in [6.45, 7) is 7.97. The highest BCUT2D eigenvalue weighted by atomic mass is 16.3. The number of para-hydroxylation sites is 1. The monoisotopic (exact) mass is 520 g/mol. The minimum Gasteiger partial charge on any atom is -0.386 e. The van der Waals surface area contributed by atoms with Crippen molar-refractivity contribution in [3.63, 3.8) is 0 Å². The zero-order valence-corrected chi connectivity index (χ0v) is 22.7. The number of ketones is 1. The number of nitrogens with one attached hydrogen (secondary N) is 1. The zero-order chi connectivity index (χ0) is 27.2. The van der Waals surface area contributed by atoms with E-state index in [1.165, 1.54) is 11.1 Å². The molecule has 0 bridgehead atoms. The van der Waals surface area contributed by atoms with E-state index in [-0.39, 0.29) is 5.78 Å². The molecule has 200 valence electrons. The fourth-order valence-corrected chi connectivity index (χ4v) is 5.01. The Morgan fingerprint density at radius 3 is 2.03 bits per heavy atom. The van der Waals surface area contributed by atoms with Crippen LogP contribution < -0.4 is 15.1 Å². The van der Waals surface area contributed by atoms with E-state index >= 15 is 0 Å². The van der Waals surface area contributed by atoms with Crippen molar-refractivity contribution >= 4 is 17.3 Å². The highest BCUT2D eigenvalue weighted by Crippen LogP contribution is 2.32. The molecule has 4 aromatic rings. The van der Waals surface area contributed by atoms with E-state index in [1.807, 2.05) is 66.7 Å². The highest BCUT2D eigenvalue weighted by molar-refractivity contribution is 6.15. The van der Waals surface area contributed by atoms with Gasteiger partial charge in [-0.05, 0) is 43.2 Å². The van der Waals surface area contributed by atoms with Crippen molar-refractivity contribution in [1.82, 2.24) is 10.3 Å². The van der Waals surface area contributed by atoms with Crippen LogP contribution in [0.2, 0.25) is 0 Å². The van der Waals surface area contributed by atoms with Gasteiger partial charge in [-0.1, -0.05) is 72.8 Å². The molecule has 1 saturated heterocycles. The van der Waals surface area contributed by atoms with Gasteiger partial charge in [-0.3, -0.25) is 4.79 Å². The molecule has 1 aromatic heterocycles. The summed E-state index contributed by atoms with van der Waals surface area (Å²) < 4.78 is 0. The summed E-state index contributed by atoms with van der Waals surface area (Å²) in [5.41, 5.74) is 3.85. The van der Waals surface area contributed by atoms with Gasteiger partial charge in [0.05, 0.1) is 11.2 Å². The van der Waals surface area contributed by atoms with Gasteiger partial charge < -0.3 is 20.2 Å². The van der Waals surface area contributed by atoms with Gasteiger partial charge in [-0.25, -0.2) is 4.98 Å². The Morgan fingerprint density at radius 1 is 0.872 bits per heavy atom. The molecule has 1 aliphatic heterocycles. The van der Waals surface area contributed by atoms with Crippen LogP contribution in [0, 0.1) is 0 Å². The Labute approximate surface area is 230 Å². The molecule has 0 unspecified atom stereocenters. The molecule has 0 aliphatic carbocycles. The second-order valence-corrected chi connectivity index (χ2v) is 10.6. The molecule has 3 aromatic carbocycles. The van der Waals surface area contributed by atoms with Crippen LogP contribution in [-0.4, -0.2) is 42.1 Å². The lowest BCUT2D eigenvalue weighted by atomic mass is 9.94. The number of hydrogen-bond donors (Lipinski definition) is 2. The number of aromatic nitrogens is 1. The third-order valence-electron chi connectivity index (χ3n) is 7.16. The van der Waals surface area contributed by atoms with Gasteiger partial charge in [0.2, 0.25) is 0 Å². The lowest BCUT2D eigenvalue weighted by Crippen LogP contribution is -2.44. The van der Waals surface area contributed by atoms with Gasteiger partial charge in [0, 0.05) is 62.3 Å². The largest absolute Gasteiger partial charge is 0.386 e. The smallest absolute Gasteiger partial charge is 0.198 e. The van der Waals surface area contributed by atoms with Gasteiger partial charge >= 0.3 is 0 Å². The van der Waals surface area contributed by atoms with Crippen LogP contribution >= 0.6 is 0 Å². The number of rotatable bonds is 9. The van der Waals surface area contributed by atoms with E-state index in [2.05, 4.69) is 39.4 Å². The maximum absolute atomic E-state index is 14.4. The molecule has 0 spiro atoms. The summed E-state index contributed by atoms with van der Waals surface area (Å²) in [6, 6.07) is 30.3. The zero-order valence-electron chi connectivity index (χ0n) is 22.7. The van der Waals surface area contributed by atoms with E-state index in [0.717, 1.165) is 31.9 Å². The van der Waals surface area contributed by atoms with Gasteiger partial charge in [0.25, 0.3) is 0 Å². The topological polar surface area (TPSA) is 68.7 Å². The SMILES string of the molecule is CC(C)(O)c1cnc(N2CCNCC2)c(C(=O)c2ccccc2N(Cc2ccccc2)Cc2ccccc2)c1. The number of benzene rings is 3. The van der Waals surface area contributed by atoms with Gasteiger partial charge in [0.15, 0.2) is 5.78 Å². The number of carbonyl (C=O) groups is 1. The molecule has 39 heavy (non-hydrogen) atoms. The first-order valence-corrected chi connectivity index (χ1v) is 13.6. The summed E-state index contributed by atoms with van der Waals surface area (Å²) in [5.74, 6) is 0.575. The Balaban J connectivity index is 1.59. The quantitative estimate of drug-likeness (QED) is 0.297. The fraction of sp³-hybridized carbons (Fsp3) is 0.273. The molecule has 2 heterocycles. The summed E-state index contributed by atoms with van der Waals surface area (Å²) in [6.07, 6.45) is 1.69. The molecule has 6 heteroatoms. The van der Waals surface area contributed by atoms with Crippen molar-refractivity contribution in [2.75, 3.05) is 36.0 Å². The van der Waals surface area contributed by atoms with E-state index in [4.69, 9.17) is 4.98 Å². The summed E-state index contributed by atoms with van der Waals surface area (Å²) in [4.78, 5) is 23.6. The minimum absolute atomic E-state index is 0.0937. The predicted molar refractivity (Wildman–Crippen MR) is 157 cm³/mol.